The number of allylic oxidation sites excluding steroid dienone is 10. The highest BCUT2D eigenvalue weighted by Gasteiger charge is 2.14. The summed E-state index contributed by atoms with van der Waals surface area (Å²) in [4.78, 5) is 27.8. The predicted octanol–water partition coefficient (Wildman–Crippen LogP) is 4.14. The molecule has 0 aromatic carbocycles. The third-order valence-corrected chi connectivity index (χ3v) is 5.90. The molecule has 0 aromatic heterocycles. The van der Waals surface area contributed by atoms with Crippen molar-refractivity contribution in [2.24, 2.45) is 5.73 Å². The number of nitrogens with zero attached hydrogens (tertiary/aromatic N) is 2. The first-order valence-corrected chi connectivity index (χ1v) is 13.9. The van der Waals surface area contributed by atoms with E-state index in [0.29, 0.717) is 19.5 Å². The van der Waals surface area contributed by atoms with Crippen LogP contribution in [-0.2, 0) is 14.3 Å². The Bertz CT molecular complexity index is 737. The molecule has 7 heteroatoms. The number of hydrogen-bond acceptors (Lipinski definition) is 5. The van der Waals surface area contributed by atoms with Gasteiger partial charge in [0.25, 0.3) is 0 Å². The van der Waals surface area contributed by atoms with Crippen LogP contribution in [0.5, 0.6) is 0 Å². The van der Waals surface area contributed by atoms with Crippen molar-refractivity contribution in [1.29, 1.82) is 0 Å². The highest BCUT2D eigenvalue weighted by molar-refractivity contribution is 5.76. The maximum Gasteiger partial charge on any atom is 0.231 e. The number of amides is 2. The molecule has 0 radical (unpaired) electrons. The maximum absolute atomic E-state index is 12.1. The Kier molecular flexibility index (Phi) is 21.0. The Labute approximate surface area is 225 Å². The van der Waals surface area contributed by atoms with Crippen LogP contribution in [0.4, 0.5) is 0 Å². The normalized spacial score (nSPS) is 15.4. The minimum Gasteiger partial charge on any atom is -0.379 e. The predicted molar refractivity (Wildman–Crippen MR) is 154 cm³/mol. The Morgan fingerprint density at radius 2 is 1.43 bits per heavy atom. The molecule has 1 rings (SSSR count). The van der Waals surface area contributed by atoms with Crippen LogP contribution >= 0.6 is 0 Å². The van der Waals surface area contributed by atoms with Crippen molar-refractivity contribution in [2.45, 2.75) is 58.3 Å². The SMILES string of the molecule is CC/C=C\CC=CCC=CC/C=C\C/C=C\CCCC(=O)NCCN(CCN1CCOCC1)CC(N)=O. The molecule has 1 aliphatic heterocycles. The second-order valence-electron chi connectivity index (χ2n) is 9.15. The number of morpholine rings is 1. The fourth-order valence-corrected chi connectivity index (χ4v) is 3.79. The van der Waals surface area contributed by atoms with Crippen molar-refractivity contribution in [3.05, 3.63) is 60.8 Å². The van der Waals surface area contributed by atoms with Gasteiger partial charge in [-0.15, -0.1) is 0 Å². The number of rotatable bonds is 21. The third kappa shape index (κ3) is 21.3. The average Bonchev–Trinajstić information content (AvgIpc) is 2.89. The molecule has 1 saturated heterocycles. The van der Waals surface area contributed by atoms with Crippen LogP contribution in [0.15, 0.2) is 60.8 Å². The molecule has 208 valence electrons. The fourth-order valence-electron chi connectivity index (χ4n) is 3.79. The van der Waals surface area contributed by atoms with E-state index in [9.17, 15) is 9.59 Å². The highest BCUT2D eigenvalue weighted by atomic mass is 16.5. The number of nitrogens with one attached hydrogen (secondary N) is 1. The Morgan fingerprint density at radius 1 is 0.865 bits per heavy atom. The standard InChI is InChI=1S/C30H50N4O3/c1-2-3-4-5-6-7-8-9-10-11-12-13-14-15-16-17-18-19-30(36)32-20-21-34(28-29(31)35)23-22-33-24-26-37-27-25-33/h3-4,6-7,9-10,12-13,15-16H,2,5,8,11,14,17-28H2,1H3,(H2,31,35)(H,32,36)/b4-3-,7-6?,10-9?,13-12-,16-15-. The van der Waals surface area contributed by atoms with Gasteiger partial charge in [0.1, 0.15) is 0 Å². The molecular formula is C30H50N4O3. The van der Waals surface area contributed by atoms with E-state index in [0.717, 1.165) is 84.3 Å². The number of nitrogens with two attached hydrogens (primary N) is 1. The molecule has 0 spiro atoms. The molecule has 37 heavy (non-hydrogen) atoms. The third-order valence-electron chi connectivity index (χ3n) is 5.90. The van der Waals surface area contributed by atoms with E-state index in [2.05, 4.69) is 77.9 Å². The smallest absolute Gasteiger partial charge is 0.231 e. The fraction of sp³-hybridized carbons (Fsp3) is 0.600. The van der Waals surface area contributed by atoms with Gasteiger partial charge in [0, 0.05) is 45.7 Å². The van der Waals surface area contributed by atoms with E-state index < -0.39 is 0 Å². The highest BCUT2D eigenvalue weighted by Crippen LogP contribution is 2.00. The molecule has 0 saturated carbocycles. The summed E-state index contributed by atoms with van der Waals surface area (Å²) in [6.45, 7) is 8.47. The Morgan fingerprint density at radius 3 is 2.00 bits per heavy atom. The van der Waals surface area contributed by atoms with Crippen LogP contribution in [-0.4, -0.2) is 80.6 Å². The molecule has 0 aliphatic carbocycles. The van der Waals surface area contributed by atoms with Crippen LogP contribution in [0, 0.1) is 0 Å². The zero-order valence-corrected chi connectivity index (χ0v) is 23.0. The lowest BCUT2D eigenvalue weighted by Crippen LogP contribution is -2.45. The monoisotopic (exact) mass is 514 g/mol. The first-order chi connectivity index (χ1) is 18.1. The first kappa shape index (κ1) is 32.5. The summed E-state index contributed by atoms with van der Waals surface area (Å²) >= 11 is 0. The van der Waals surface area contributed by atoms with Gasteiger partial charge in [0.05, 0.1) is 19.8 Å². The van der Waals surface area contributed by atoms with E-state index in [1.54, 1.807) is 0 Å². The van der Waals surface area contributed by atoms with Crippen LogP contribution in [0.3, 0.4) is 0 Å². The summed E-state index contributed by atoms with van der Waals surface area (Å²) in [5, 5.41) is 2.96. The molecule has 0 unspecified atom stereocenters. The van der Waals surface area contributed by atoms with Gasteiger partial charge in [0.2, 0.25) is 11.8 Å². The van der Waals surface area contributed by atoms with E-state index in [1.165, 1.54) is 0 Å². The van der Waals surface area contributed by atoms with Gasteiger partial charge in [-0.25, -0.2) is 0 Å². The van der Waals surface area contributed by atoms with Crippen molar-refractivity contribution in [3.63, 3.8) is 0 Å². The topological polar surface area (TPSA) is 87.9 Å². The quantitative estimate of drug-likeness (QED) is 0.178. The summed E-state index contributed by atoms with van der Waals surface area (Å²) < 4.78 is 5.37. The minimum atomic E-state index is -0.342. The molecule has 1 fully saturated rings. The second kappa shape index (κ2) is 23.9. The number of carbonyl (C=O) groups excluding carboxylic acids is 2. The van der Waals surface area contributed by atoms with Crippen LogP contribution in [0.25, 0.3) is 0 Å². The van der Waals surface area contributed by atoms with E-state index in [4.69, 9.17) is 10.5 Å². The summed E-state index contributed by atoms with van der Waals surface area (Å²) in [7, 11) is 0. The molecule has 7 nitrogen and oxygen atoms in total. The first-order valence-electron chi connectivity index (χ1n) is 13.9. The van der Waals surface area contributed by atoms with Crippen LogP contribution in [0.1, 0.15) is 58.3 Å². The second-order valence-corrected chi connectivity index (χ2v) is 9.15. The lowest BCUT2D eigenvalue weighted by atomic mass is 10.2. The van der Waals surface area contributed by atoms with Crippen molar-refractivity contribution in [3.8, 4) is 0 Å². The molecule has 1 aliphatic rings. The summed E-state index contributed by atoms with van der Waals surface area (Å²) in [6.07, 6.45) is 29.1. The number of hydrogen-bond donors (Lipinski definition) is 2. The summed E-state index contributed by atoms with van der Waals surface area (Å²) in [6, 6.07) is 0. The van der Waals surface area contributed by atoms with Gasteiger partial charge in [-0.05, 0) is 44.9 Å². The lowest BCUT2D eigenvalue weighted by molar-refractivity contribution is -0.121. The van der Waals surface area contributed by atoms with Gasteiger partial charge >= 0.3 is 0 Å². The van der Waals surface area contributed by atoms with Gasteiger partial charge in [-0.3, -0.25) is 19.4 Å². The van der Waals surface area contributed by atoms with Gasteiger partial charge in [0.15, 0.2) is 0 Å². The minimum absolute atomic E-state index is 0.0551. The molecular weight excluding hydrogens is 464 g/mol. The zero-order chi connectivity index (χ0) is 26.8. The van der Waals surface area contributed by atoms with Crippen LogP contribution < -0.4 is 11.1 Å². The van der Waals surface area contributed by atoms with Gasteiger partial charge in [-0.2, -0.15) is 0 Å². The van der Waals surface area contributed by atoms with Gasteiger partial charge < -0.3 is 15.8 Å². The molecule has 0 atom stereocenters. The van der Waals surface area contributed by atoms with E-state index in [-0.39, 0.29) is 18.4 Å². The van der Waals surface area contributed by atoms with Crippen molar-refractivity contribution < 1.29 is 14.3 Å². The van der Waals surface area contributed by atoms with Crippen molar-refractivity contribution in [1.82, 2.24) is 15.1 Å². The Hall–Kier alpha value is -2.48. The van der Waals surface area contributed by atoms with Crippen molar-refractivity contribution in [2.75, 3.05) is 59.0 Å². The molecule has 0 bridgehead atoms. The van der Waals surface area contributed by atoms with E-state index in [1.807, 2.05) is 4.90 Å². The van der Waals surface area contributed by atoms with Gasteiger partial charge in [-0.1, -0.05) is 67.7 Å². The molecule has 0 aromatic rings. The zero-order valence-electron chi connectivity index (χ0n) is 23.0. The lowest BCUT2D eigenvalue weighted by Gasteiger charge is -2.29. The Balaban J connectivity index is 2.04. The number of carbonyl (C=O) groups is 2. The number of unbranched alkanes of at least 4 members (excludes halogenated alkanes) is 1. The van der Waals surface area contributed by atoms with E-state index >= 15 is 0 Å². The summed E-state index contributed by atoms with van der Waals surface area (Å²) in [5.41, 5.74) is 5.39. The molecule has 3 N–H and O–H groups in total. The largest absolute Gasteiger partial charge is 0.379 e. The summed E-state index contributed by atoms with van der Waals surface area (Å²) in [5.74, 6) is -0.287. The number of ether oxygens (including phenoxy) is 1. The van der Waals surface area contributed by atoms with Crippen molar-refractivity contribution >= 4 is 11.8 Å². The maximum atomic E-state index is 12.1. The number of primary amides is 1. The average molecular weight is 515 g/mol. The molecule has 1 heterocycles. The molecule has 2 amide bonds. The van der Waals surface area contributed by atoms with Crippen LogP contribution in [0.2, 0.25) is 0 Å².